The molecule has 1 aromatic rings. The van der Waals surface area contributed by atoms with E-state index in [0.29, 0.717) is 17.9 Å². The lowest BCUT2D eigenvalue weighted by atomic mass is 10.1. The molecule has 0 aliphatic rings. The van der Waals surface area contributed by atoms with Crippen molar-refractivity contribution in [2.24, 2.45) is 0 Å². The van der Waals surface area contributed by atoms with Gasteiger partial charge in [0.15, 0.2) is 0 Å². The molecule has 0 fully saturated rings. The van der Waals surface area contributed by atoms with E-state index >= 15 is 0 Å². The number of aliphatic hydroxyl groups excluding tert-OH is 1. The first-order chi connectivity index (χ1) is 8.61. The van der Waals surface area contributed by atoms with Crippen LogP contribution in [0.4, 0.5) is 0 Å². The highest BCUT2D eigenvalue weighted by molar-refractivity contribution is 5.70. The summed E-state index contributed by atoms with van der Waals surface area (Å²) >= 11 is 0. The van der Waals surface area contributed by atoms with E-state index in [4.69, 9.17) is 14.6 Å². The first kappa shape index (κ1) is 14.5. The second-order valence-electron chi connectivity index (χ2n) is 3.84. The summed E-state index contributed by atoms with van der Waals surface area (Å²) in [5.41, 5.74) is 0.666. The normalized spacial score (nSPS) is 12.1. The van der Waals surface area contributed by atoms with Crippen molar-refractivity contribution in [3.05, 3.63) is 29.8 Å². The van der Waals surface area contributed by atoms with Gasteiger partial charge in [0.2, 0.25) is 0 Å². The van der Waals surface area contributed by atoms with Gasteiger partial charge < -0.3 is 19.7 Å². The maximum atomic E-state index is 10.6. The van der Waals surface area contributed by atoms with Crippen molar-refractivity contribution in [2.75, 3.05) is 19.8 Å². The molecular weight excluding hydrogens is 236 g/mol. The molecule has 0 aromatic heterocycles. The Kier molecular flexibility index (Phi) is 6.18. The van der Waals surface area contributed by atoms with Gasteiger partial charge in [-0.1, -0.05) is 12.1 Å². The molecule has 100 valence electrons. The Hall–Kier alpha value is -1.59. The topological polar surface area (TPSA) is 76.0 Å². The highest BCUT2D eigenvalue weighted by atomic mass is 16.5. The van der Waals surface area contributed by atoms with E-state index in [1.54, 1.807) is 24.3 Å². The van der Waals surface area contributed by atoms with Crippen LogP contribution >= 0.6 is 0 Å². The Bertz CT molecular complexity index is 377. The lowest BCUT2D eigenvalue weighted by Gasteiger charge is -2.12. The Balaban J connectivity index is 2.44. The van der Waals surface area contributed by atoms with Gasteiger partial charge in [0.05, 0.1) is 13.0 Å². The van der Waals surface area contributed by atoms with Crippen LogP contribution in [0.2, 0.25) is 0 Å². The van der Waals surface area contributed by atoms with Crippen molar-refractivity contribution in [2.45, 2.75) is 19.4 Å². The number of aliphatic hydroxyl groups is 1. The summed E-state index contributed by atoms with van der Waals surface area (Å²) in [7, 11) is 0. The van der Waals surface area contributed by atoms with Crippen molar-refractivity contribution in [3.8, 4) is 5.75 Å². The maximum Gasteiger partial charge on any atom is 0.307 e. The Morgan fingerprint density at radius 1 is 1.39 bits per heavy atom. The van der Waals surface area contributed by atoms with Crippen molar-refractivity contribution in [3.63, 3.8) is 0 Å². The number of hydrogen-bond acceptors (Lipinski definition) is 4. The van der Waals surface area contributed by atoms with E-state index in [9.17, 15) is 9.90 Å². The lowest BCUT2D eigenvalue weighted by Crippen LogP contribution is -2.23. The molecule has 2 N–H and O–H groups in total. The molecule has 0 spiro atoms. The molecule has 0 saturated heterocycles. The molecule has 5 heteroatoms. The van der Waals surface area contributed by atoms with Crippen LogP contribution in [0.25, 0.3) is 0 Å². The molecular formula is C13H18O5. The van der Waals surface area contributed by atoms with Gasteiger partial charge in [0.25, 0.3) is 0 Å². The molecule has 1 aromatic carbocycles. The van der Waals surface area contributed by atoms with E-state index in [1.807, 2.05) is 6.92 Å². The summed E-state index contributed by atoms with van der Waals surface area (Å²) in [6.07, 6.45) is -0.730. The third kappa shape index (κ3) is 5.65. The molecule has 0 heterocycles. The quantitative estimate of drug-likeness (QED) is 0.726. The SMILES string of the molecule is CCOCC(O)COc1cccc(CC(=O)O)c1. The summed E-state index contributed by atoms with van der Waals surface area (Å²) in [6, 6.07) is 6.82. The fourth-order valence-electron chi connectivity index (χ4n) is 1.41. The minimum absolute atomic E-state index is 0.0430. The molecule has 0 aliphatic carbocycles. The van der Waals surface area contributed by atoms with Crippen LogP contribution in [0.1, 0.15) is 12.5 Å². The summed E-state index contributed by atoms with van der Waals surface area (Å²) in [5, 5.41) is 18.2. The number of carboxylic acid groups (broad SMARTS) is 1. The molecule has 5 nitrogen and oxygen atoms in total. The van der Waals surface area contributed by atoms with Crippen LogP contribution in [-0.2, 0) is 16.0 Å². The summed E-state index contributed by atoms with van der Waals surface area (Å²) in [6.45, 7) is 2.75. The molecule has 0 bridgehead atoms. The van der Waals surface area contributed by atoms with Crippen LogP contribution in [0.5, 0.6) is 5.75 Å². The van der Waals surface area contributed by atoms with Crippen LogP contribution in [0, 0.1) is 0 Å². The van der Waals surface area contributed by atoms with Crippen molar-refractivity contribution >= 4 is 5.97 Å². The molecule has 1 atom stereocenters. The van der Waals surface area contributed by atoms with Crippen LogP contribution in [0.3, 0.4) is 0 Å². The van der Waals surface area contributed by atoms with Gasteiger partial charge in [-0.15, -0.1) is 0 Å². The number of carboxylic acids is 1. The second kappa shape index (κ2) is 7.68. The van der Waals surface area contributed by atoms with Crippen LogP contribution in [0.15, 0.2) is 24.3 Å². The molecule has 1 rings (SSSR count). The minimum atomic E-state index is -0.886. The van der Waals surface area contributed by atoms with Gasteiger partial charge in [-0.05, 0) is 24.6 Å². The van der Waals surface area contributed by atoms with Crippen molar-refractivity contribution in [1.82, 2.24) is 0 Å². The Labute approximate surface area is 106 Å². The van der Waals surface area contributed by atoms with Gasteiger partial charge in [-0.2, -0.15) is 0 Å². The van der Waals surface area contributed by atoms with Crippen LogP contribution in [-0.4, -0.2) is 42.1 Å². The average Bonchev–Trinajstić information content (AvgIpc) is 2.33. The number of carbonyl (C=O) groups is 1. The molecule has 0 radical (unpaired) electrons. The molecule has 0 amide bonds. The zero-order chi connectivity index (χ0) is 13.4. The first-order valence-electron chi connectivity index (χ1n) is 5.81. The van der Waals surface area contributed by atoms with Crippen LogP contribution < -0.4 is 4.74 Å². The highest BCUT2D eigenvalue weighted by Crippen LogP contribution is 2.14. The van der Waals surface area contributed by atoms with Crippen molar-refractivity contribution in [1.29, 1.82) is 0 Å². The fraction of sp³-hybridized carbons (Fsp3) is 0.462. The highest BCUT2D eigenvalue weighted by Gasteiger charge is 2.06. The van der Waals surface area contributed by atoms with E-state index in [1.165, 1.54) is 0 Å². The number of aliphatic carboxylic acids is 1. The van der Waals surface area contributed by atoms with Gasteiger partial charge in [0.1, 0.15) is 18.5 Å². The van der Waals surface area contributed by atoms with Gasteiger partial charge >= 0.3 is 5.97 Å². The third-order valence-electron chi connectivity index (χ3n) is 2.21. The monoisotopic (exact) mass is 254 g/mol. The lowest BCUT2D eigenvalue weighted by molar-refractivity contribution is -0.136. The minimum Gasteiger partial charge on any atom is -0.491 e. The van der Waals surface area contributed by atoms with Crippen molar-refractivity contribution < 1.29 is 24.5 Å². The average molecular weight is 254 g/mol. The number of ether oxygens (including phenoxy) is 2. The van der Waals surface area contributed by atoms with Gasteiger partial charge in [0, 0.05) is 6.61 Å². The number of hydrogen-bond donors (Lipinski definition) is 2. The summed E-state index contributed by atoms with van der Waals surface area (Å²) in [5.74, 6) is -0.340. The molecule has 0 saturated carbocycles. The molecule has 0 aliphatic heterocycles. The molecule has 1 unspecified atom stereocenters. The van der Waals surface area contributed by atoms with Gasteiger partial charge in [-0.25, -0.2) is 0 Å². The largest absolute Gasteiger partial charge is 0.491 e. The van der Waals surface area contributed by atoms with E-state index < -0.39 is 12.1 Å². The first-order valence-corrected chi connectivity index (χ1v) is 5.81. The standard InChI is InChI=1S/C13H18O5/c1-2-17-8-11(14)9-18-12-5-3-4-10(6-12)7-13(15)16/h3-6,11,14H,2,7-9H2,1H3,(H,15,16). The third-order valence-corrected chi connectivity index (χ3v) is 2.21. The maximum absolute atomic E-state index is 10.6. The second-order valence-corrected chi connectivity index (χ2v) is 3.84. The summed E-state index contributed by atoms with van der Waals surface area (Å²) in [4.78, 5) is 10.6. The van der Waals surface area contributed by atoms with E-state index in [-0.39, 0.29) is 19.6 Å². The predicted octanol–water partition coefficient (Wildman–Crippen LogP) is 1.09. The molecule has 18 heavy (non-hydrogen) atoms. The predicted molar refractivity (Wildman–Crippen MR) is 65.8 cm³/mol. The number of rotatable bonds is 8. The summed E-state index contributed by atoms with van der Waals surface area (Å²) < 4.78 is 10.4. The zero-order valence-corrected chi connectivity index (χ0v) is 10.3. The smallest absolute Gasteiger partial charge is 0.307 e. The Morgan fingerprint density at radius 3 is 2.83 bits per heavy atom. The van der Waals surface area contributed by atoms with E-state index in [0.717, 1.165) is 0 Å². The Morgan fingerprint density at radius 2 is 2.17 bits per heavy atom. The zero-order valence-electron chi connectivity index (χ0n) is 10.3. The number of benzene rings is 1. The van der Waals surface area contributed by atoms with Gasteiger partial charge in [-0.3, -0.25) is 4.79 Å². The van der Waals surface area contributed by atoms with E-state index in [2.05, 4.69) is 0 Å². The fourth-order valence-corrected chi connectivity index (χ4v) is 1.41.